The standard InChI is InChI=1S/C20H26N4O3S/c1-23-13-9-18(10-14-23)24(2)28(26,27)19-5-3-16(4-6-19)15-22-20(25)17-7-11-21-12-8-17/h3-8,11-12,18H,9-10,13-15H2,1-2H3,(H,22,25). The maximum Gasteiger partial charge on any atom is 0.251 e. The minimum absolute atomic E-state index is 0.0283. The Morgan fingerprint density at radius 1 is 1.14 bits per heavy atom. The fraction of sp³-hybridized carbons (Fsp3) is 0.400. The first-order valence-electron chi connectivity index (χ1n) is 9.31. The molecule has 2 aromatic rings. The molecule has 0 unspecified atom stereocenters. The van der Waals surface area contributed by atoms with Gasteiger partial charge in [0.15, 0.2) is 0 Å². The first-order chi connectivity index (χ1) is 13.4. The molecule has 7 nitrogen and oxygen atoms in total. The molecule has 0 radical (unpaired) electrons. The van der Waals surface area contributed by atoms with Gasteiger partial charge in [-0.1, -0.05) is 12.1 Å². The number of aromatic nitrogens is 1. The van der Waals surface area contributed by atoms with E-state index in [1.54, 1.807) is 55.8 Å². The molecule has 1 aliphatic heterocycles. The molecule has 0 atom stereocenters. The molecular formula is C20H26N4O3S. The van der Waals surface area contributed by atoms with Crippen LogP contribution in [0.4, 0.5) is 0 Å². The Hall–Kier alpha value is -2.29. The summed E-state index contributed by atoms with van der Waals surface area (Å²) in [6.07, 6.45) is 4.81. The second-order valence-electron chi connectivity index (χ2n) is 7.12. The summed E-state index contributed by atoms with van der Waals surface area (Å²) < 4.78 is 27.3. The van der Waals surface area contributed by atoms with Crippen LogP contribution in [0.1, 0.15) is 28.8 Å². The van der Waals surface area contributed by atoms with Gasteiger partial charge < -0.3 is 10.2 Å². The number of pyridine rings is 1. The third-order valence-corrected chi connectivity index (χ3v) is 7.12. The predicted molar refractivity (Wildman–Crippen MR) is 107 cm³/mol. The molecule has 0 saturated carbocycles. The van der Waals surface area contributed by atoms with Crippen molar-refractivity contribution in [2.24, 2.45) is 0 Å². The van der Waals surface area contributed by atoms with E-state index >= 15 is 0 Å². The average molecular weight is 403 g/mol. The van der Waals surface area contributed by atoms with Crippen molar-refractivity contribution in [3.8, 4) is 0 Å². The summed E-state index contributed by atoms with van der Waals surface area (Å²) >= 11 is 0. The zero-order chi connectivity index (χ0) is 20.1. The number of nitrogens with zero attached hydrogens (tertiary/aromatic N) is 3. The molecule has 3 rings (SSSR count). The zero-order valence-corrected chi connectivity index (χ0v) is 17.0. The summed E-state index contributed by atoms with van der Waals surface area (Å²) in [6.45, 7) is 2.13. The summed E-state index contributed by atoms with van der Waals surface area (Å²) in [6, 6.07) is 10.0. The highest BCUT2D eigenvalue weighted by atomic mass is 32.2. The lowest BCUT2D eigenvalue weighted by molar-refractivity contribution is 0.0950. The molecule has 1 aromatic carbocycles. The van der Waals surface area contributed by atoms with Crippen LogP contribution < -0.4 is 5.32 Å². The molecule has 1 fully saturated rings. The van der Waals surface area contributed by atoms with E-state index in [0.29, 0.717) is 12.1 Å². The average Bonchev–Trinajstić information content (AvgIpc) is 2.73. The van der Waals surface area contributed by atoms with Crippen molar-refractivity contribution in [3.63, 3.8) is 0 Å². The van der Waals surface area contributed by atoms with Crippen molar-refractivity contribution in [2.75, 3.05) is 27.2 Å². The maximum absolute atomic E-state index is 12.9. The van der Waals surface area contributed by atoms with Gasteiger partial charge in [0.25, 0.3) is 5.91 Å². The predicted octanol–water partition coefficient (Wildman–Crippen LogP) is 1.73. The number of amides is 1. The number of likely N-dealkylation sites (tertiary alicyclic amines) is 1. The normalized spacial score (nSPS) is 16.2. The van der Waals surface area contributed by atoms with Gasteiger partial charge in [-0.05, 0) is 62.8 Å². The molecule has 2 heterocycles. The molecule has 28 heavy (non-hydrogen) atoms. The van der Waals surface area contributed by atoms with Crippen molar-refractivity contribution < 1.29 is 13.2 Å². The maximum atomic E-state index is 12.9. The fourth-order valence-corrected chi connectivity index (χ4v) is 4.70. The van der Waals surface area contributed by atoms with E-state index in [4.69, 9.17) is 0 Å². The van der Waals surface area contributed by atoms with Crippen LogP contribution in [-0.2, 0) is 16.6 Å². The quantitative estimate of drug-likeness (QED) is 0.796. The first kappa shape index (κ1) is 20.4. The molecule has 150 valence electrons. The van der Waals surface area contributed by atoms with Crippen molar-refractivity contribution in [1.82, 2.24) is 19.5 Å². The largest absolute Gasteiger partial charge is 0.348 e. The molecule has 0 bridgehead atoms. The summed E-state index contributed by atoms with van der Waals surface area (Å²) in [4.78, 5) is 18.5. The van der Waals surface area contributed by atoms with E-state index in [1.165, 1.54) is 4.31 Å². The Kier molecular flexibility index (Phi) is 6.43. The molecule has 1 N–H and O–H groups in total. The SMILES string of the molecule is CN1CCC(N(C)S(=O)(=O)c2ccc(CNC(=O)c3ccncc3)cc2)CC1. The minimum atomic E-state index is -3.53. The molecule has 1 aromatic heterocycles. The molecular weight excluding hydrogens is 376 g/mol. The second kappa shape index (κ2) is 8.81. The van der Waals surface area contributed by atoms with E-state index in [2.05, 4.69) is 22.2 Å². The number of carbonyl (C=O) groups is 1. The smallest absolute Gasteiger partial charge is 0.251 e. The summed E-state index contributed by atoms with van der Waals surface area (Å²) in [7, 11) is 0.187. The topological polar surface area (TPSA) is 82.6 Å². The number of hydrogen-bond acceptors (Lipinski definition) is 5. The van der Waals surface area contributed by atoms with E-state index in [0.717, 1.165) is 31.5 Å². The molecule has 8 heteroatoms. The lowest BCUT2D eigenvalue weighted by Crippen LogP contribution is -2.44. The molecule has 1 saturated heterocycles. The first-order valence-corrected chi connectivity index (χ1v) is 10.8. The van der Waals surface area contributed by atoms with E-state index in [9.17, 15) is 13.2 Å². The number of piperidine rings is 1. The number of nitrogens with one attached hydrogen (secondary N) is 1. The summed E-state index contributed by atoms with van der Waals surface area (Å²) in [5.74, 6) is -0.193. The van der Waals surface area contributed by atoms with Gasteiger partial charge in [0.05, 0.1) is 4.90 Å². The third kappa shape index (κ3) is 4.76. The molecule has 1 aliphatic rings. The van der Waals surface area contributed by atoms with Gasteiger partial charge in [-0.25, -0.2) is 8.42 Å². The van der Waals surface area contributed by atoms with Crippen LogP contribution in [0, 0.1) is 0 Å². The van der Waals surface area contributed by atoms with E-state index in [1.807, 2.05) is 0 Å². The Morgan fingerprint density at radius 3 is 2.36 bits per heavy atom. The highest BCUT2D eigenvalue weighted by Gasteiger charge is 2.30. The zero-order valence-electron chi connectivity index (χ0n) is 16.2. The van der Waals surface area contributed by atoms with Crippen LogP contribution in [0.3, 0.4) is 0 Å². The van der Waals surface area contributed by atoms with E-state index < -0.39 is 10.0 Å². The minimum Gasteiger partial charge on any atom is -0.348 e. The Morgan fingerprint density at radius 2 is 1.75 bits per heavy atom. The van der Waals surface area contributed by atoms with Gasteiger partial charge in [0.2, 0.25) is 10.0 Å². The van der Waals surface area contributed by atoms with Gasteiger partial charge in [0, 0.05) is 37.6 Å². The number of sulfonamides is 1. The van der Waals surface area contributed by atoms with Crippen LogP contribution in [0.25, 0.3) is 0 Å². The molecule has 1 amide bonds. The Bertz CT molecular complexity index is 893. The number of benzene rings is 1. The highest BCUT2D eigenvalue weighted by molar-refractivity contribution is 7.89. The van der Waals surface area contributed by atoms with Crippen LogP contribution in [0.5, 0.6) is 0 Å². The summed E-state index contributed by atoms with van der Waals surface area (Å²) in [5.41, 5.74) is 1.37. The van der Waals surface area contributed by atoms with Crippen molar-refractivity contribution in [1.29, 1.82) is 0 Å². The van der Waals surface area contributed by atoms with Crippen LogP contribution >= 0.6 is 0 Å². The number of hydrogen-bond donors (Lipinski definition) is 1. The van der Waals surface area contributed by atoms with Gasteiger partial charge in [0.1, 0.15) is 0 Å². The molecule has 0 aliphatic carbocycles. The van der Waals surface area contributed by atoms with Crippen LogP contribution in [-0.4, -0.2) is 61.7 Å². The van der Waals surface area contributed by atoms with Crippen LogP contribution in [0.15, 0.2) is 53.7 Å². The monoisotopic (exact) mass is 402 g/mol. The van der Waals surface area contributed by atoms with Gasteiger partial charge in [-0.15, -0.1) is 0 Å². The lowest BCUT2D eigenvalue weighted by atomic mass is 10.1. The number of rotatable bonds is 6. The van der Waals surface area contributed by atoms with Gasteiger partial charge in [-0.3, -0.25) is 9.78 Å². The molecule has 0 spiro atoms. The van der Waals surface area contributed by atoms with Crippen molar-refractivity contribution in [2.45, 2.75) is 30.3 Å². The van der Waals surface area contributed by atoms with Gasteiger partial charge >= 0.3 is 0 Å². The fourth-order valence-electron chi connectivity index (χ4n) is 3.29. The third-order valence-electron chi connectivity index (χ3n) is 5.20. The second-order valence-corrected chi connectivity index (χ2v) is 9.12. The van der Waals surface area contributed by atoms with Gasteiger partial charge in [-0.2, -0.15) is 4.31 Å². The Balaban J connectivity index is 1.62. The van der Waals surface area contributed by atoms with Crippen molar-refractivity contribution in [3.05, 3.63) is 59.9 Å². The van der Waals surface area contributed by atoms with E-state index in [-0.39, 0.29) is 16.8 Å². The highest BCUT2D eigenvalue weighted by Crippen LogP contribution is 2.22. The van der Waals surface area contributed by atoms with Crippen LogP contribution in [0.2, 0.25) is 0 Å². The number of carbonyl (C=O) groups excluding carboxylic acids is 1. The Labute approximate surface area is 166 Å². The lowest BCUT2D eigenvalue weighted by Gasteiger charge is -2.34. The van der Waals surface area contributed by atoms with Crippen molar-refractivity contribution >= 4 is 15.9 Å². The summed E-state index contributed by atoms with van der Waals surface area (Å²) in [5, 5.41) is 2.82.